The van der Waals surface area contributed by atoms with Gasteiger partial charge in [0.2, 0.25) is 5.91 Å². The third-order valence-electron chi connectivity index (χ3n) is 4.26. The summed E-state index contributed by atoms with van der Waals surface area (Å²) in [4.78, 5) is 39.9. The average Bonchev–Trinajstić information content (AvgIpc) is 2.49. The van der Waals surface area contributed by atoms with Gasteiger partial charge in [-0.25, -0.2) is 4.98 Å². The van der Waals surface area contributed by atoms with E-state index >= 15 is 0 Å². The number of para-hydroxylation sites is 1. The van der Waals surface area contributed by atoms with Crippen molar-refractivity contribution in [1.82, 2.24) is 14.9 Å². The van der Waals surface area contributed by atoms with Gasteiger partial charge in [0.05, 0.1) is 29.2 Å². The second-order valence-corrected chi connectivity index (χ2v) is 6.39. The van der Waals surface area contributed by atoms with E-state index in [1.165, 1.54) is 10.9 Å². The Morgan fingerprint density at radius 3 is 2.62 bits per heavy atom. The van der Waals surface area contributed by atoms with Gasteiger partial charge in [-0.3, -0.25) is 19.0 Å². The number of rotatable bonds is 6. The molecule has 1 amide bonds. The maximum absolute atomic E-state index is 12.4. The van der Waals surface area contributed by atoms with Crippen LogP contribution in [0.25, 0.3) is 10.9 Å². The molecular formula is C17H21N3O4. The standard InChI is InChI=1S/C17H21N3O4/c1-11(2)17(3,8-15(22)23)19-14(21)9-20-10-18-13-7-5-4-6-12(13)16(20)24/h4-7,10-11H,8-9H2,1-3H3,(H,19,21)(H,22,23). The van der Waals surface area contributed by atoms with E-state index in [-0.39, 0.29) is 24.4 Å². The van der Waals surface area contributed by atoms with Crippen LogP contribution in [0.3, 0.4) is 0 Å². The molecule has 0 aliphatic carbocycles. The lowest BCUT2D eigenvalue weighted by Gasteiger charge is -2.33. The molecule has 1 unspecified atom stereocenters. The van der Waals surface area contributed by atoms with Gasteiger partial charge in [-0.2, -0.15) is 0 Å². The van der Waals surface area contributed by atoms with E-state index in [0.29, 0.717) is 10.9 Å². The smallest absolute Gasteiger partial charge is 0.305 e. The minimum absolute atomic E-state index is 0.0796. The molecule has 7 nitrogen and oxygen atoms in total. The minimum Gasteiger partial charge on any atom is -0.481 e. The number of hydrogen-bond acceptors (Lipinski definition) is 4. The van der Waals surface area contributed by atoms with Gasteiger partial charge in [-0.1, -0.05) is 26.0 Å². The molecular weight excluding hydrogens is 310 g/mol. The highest BCUT2D eigenvalue weighted by Gasteiger charge is 2.32. The molecule has 0 aliphatic rings. The minimum atomic E-state index is -0.990. The van der Waals surface area contributed by atoms with Crippen LogP contribution in [0.15, 0.2) is 35.4 Å². The number of nitrogens with one attached hydrogen (secondary N) is 1. The molecule has 0 saturated carbocycles. The van der Waals surface area contributed by atoms with Gasteiger partial charge in [0.15, 0.2) is 0 Å². The molecule has 2 aromatic rings. The molecule has 7 heteroatoms. The van der Waals surface area contributed by atoms with Crippen molar-refractivity contribution in [3.8, 4) is 0 Å². The zero-order valence-electron chi connectivity index (χ0n) is 13.9. The van der Waals surface area contributed by atoms with Gasteiger partial charge in [0, 0.05) is 0 Å². The Hall–Kier alpha value is -2.70. The number of aromatic nitrogens is 2. The fourth-order valence-corrected chi connectivity index (χ4v) is 2.44. The zero-order chi connectivity index (χ0) is 17.9. The molecule has 0 radical (unpaired) electrons. The number of aliphatic carboxylic acids is 1. The normalized spacial score (nSPS) is 13.7. The van der Waals surface area contributed by atoms with Crippen LogP contribution in [0.5, 0.6) is 0 Å². The van der Waals surface area contributed by atoms with Gasteiger partial charge >= 0.3 is 5.97 Å². The van der Waals surface area contributed by atoms with Crippen LogP contribution in [0.1, 0.15) is 27.2 Å². The predicted octanol–water partition coefficient (Wildman–Crippen LogP) is 1.40. The van der Waals surface area contributed by atoms with Crippen LogP contribution in [0.4, 0.5) is 0 Å². The summed E-state index contributed by atoms with van der Waals surface area (Å²) in [6.45, 7) is 5.16. The molecule has 0 bridgehead atoms. The molecule has 1 heterocycles. The van der Waals surface area contributed by atoms with Crippen molar-refractivity contribution in [1.29, 1.82) is 0 Å². The van der Waals surface area contributed by atoms with Gasteiger partial charge in [0.25, 0.3) is 5.56 Å². The van der Waals surface area contributed by atoms with Crippen LogP contribution in [-0.4, -0.2) is 32.1 Å². The predicted molar refractivity (Wildman–Crippen MR) is 89.6 cm³/mol. The lowest BCUT2D eigenvalue weighted by atomic mass is 9.85. The lowest BCUT2D eigenvalue weighted by Crippen LogP contribution is -2.52. The molecule has 1 atom stereocenters. The second-order valence-electron chi connectivity index (χ2n) is 6.39. The maximum Gasteiger partial charge on any atom is 0.305 e. The van der Waals surface area contributed by atoms with Crippen LogP contribution < -0.4 is 10.9 Å². The summed E-state index contributed by atoms with van der Waals surface area (Å²) < 4.78 is 1.22. The highest BCUT2D eigenvalue weighted by molar-refractivity contribution is 5.80. The van der Waals surface area contributed by atoms with Crippen LogP contribution >= 0.6 is 0 Å². The third-order valence-corrected chi connectivity index (χ3v) is 4.26. The van der Waals surface area contributed by atoms with Gasteiger partial charge in [-0.05, 0) is 25.0 Å². The van der Waals surface area contributed by atoms with Crippen LogP contribution in [0, 0.1) is 5.92 Å². The van der Waals surface area contributed by atoms with Crippen molar-refractivity contribution in [2.75, 3.05) is 0 Å². The highest BCUT2D eigenvalue weighted by atomic mass is 16.4. The summed E-state index contributed by atoms with van der Waals surface area (Å²) in [5.41, 5.74) is -0.631. The molecule has 128 valence electrons. The summed E-state index contributed by atoms with van der Waals surface area (Å²) in [6, 6.07) is 6.90. The topological polar surface area (TPSA) is 101 Å². The summed E-state index contributed by atoms with van der Waals surface area (Å²) in [7, 11) is 0. The lowest BCUT2D eigenvalue weighted by molar-refractivity contribution is -0.139. The van der Waals surface area contributed by atoms with Crippen LogP contribution in [-0.2, 0) is 16.1 Å². The van der Waals surface area contributed by atoms with Crippen molar-refractivity contribution in [3.05, 3.63) is 40.9 Å². The van der Waals surface area contributed by atoms with Crippen molar-refractivity contribution in [2.24, 2.45) is 5.92 Å². The van der Waals surface area contributed by atoms with E-state index in [9.17, 15) is 14.4 Å². The van der Waals surface area contributed by atoms with Crippen molar-refractivity contribution in [3.63, 3.8) is 0 Å². The largest absolute Gasteiger partial charge is 0.481 e. The Morgan fingerprint density at radius 1 is 1.33 bits per heavy atom. The number of hydrogen-bond donors (Lipinski definition) is 2. The Kier molecular flexibility index (Phi) is 5.02. The molecule has 0 aliphatic heterocycles. The number of carbonyl (C=O) groups excluding carboxylic acids is 1. The fourth-order valence-electron chi connectivity index (χ4n) is 2.44. The Labute approximate surface area is 139 Å². The van der Waals surface area contributed by atoms with Crippen LogP contribution in [0.2, 0.25) is 0 Å². The number of carbonyl (C=O) groups is 2. The van der Waals surface area contributed by atoms with Gasteiger partial charge < -0.3 is 10.4 Å². The molecule has 0 fully saturated rings. The number of benzene rings is 1. The summed E-state index contributed by atoms with van der Waals surface area (Å²) >= 11 is 0. The highest BCUT2D eigenvalue weighted by Crippen LogP contribution is 2.20. The first-order valence-electron chi connectivity index (χ1n) is 7.70. The third kappa shape index (κ3) is 3.79. The fraction of sp³-hybridized carbons (Fsp3) is 0.412. The van der Waals surface area contributed by atoms with E-state index in [0.717, 1.165) is 0 Å². The molecule has 1 aromatic carbocycles. The summed E-state index contributed by atoms with van der Waals surface area (Å²) in [5.74, 6) is -1.49. The monoisotopic (exact) mass is 331 g/mol. The first-order valence-corrected chi connectivity index (χ1v) is 7.70. The zero-order valence-corrected chi connectivity index (χ0v) is 13.9. The Bertz CT molecular complexity index is 828. The summed E-state index contributed by atoms with van der Waals surface area (Å²) in [5, 5.41) is 12.2. The van der Waals surface area contributed by atoms with Crippen molar-refractivity contribution in [2.45, 2.75) is 39.3 Å². The molecule has 24 heavy (non-hydrogen) atoms. The molecule has 0 saturated heterocycles. The number of fused-ring (bicyclic) bond motifs is 1. The van der Waals surface area contributed by atoms with Crippen molar-refractivity contribution < 1.29 is 14.7 Å². The Balaban J connectivity index is 2.22. The SMILES string of the molecule is CC(C)C(C)(CC(=O)O)NC(=O)Cn1cnc2ccccc2c1=O. The van der Waals surface area contributed by atoms with Crippen molar-refractivity contribution >= 4 is 22.8 Å². The van der Waals surface area contributed by atoms with Gasteiger partial charge in [-0.15, -0.1) is 0 Å². The first kappa shape index (κ1) is 17.7. The number of carboxylic acid groups (broad SMARTS) is 1. The van der Waals surface area contributed by atoms with E-state index in [2.05, 4.69) is 10.3 Å². The Morgan fingerprint density at radius 2 is 2.00 bits per heavy atom. The van der Waals surface area contributed by atoms with E-state index in [1.807, 2.05) is 13.8 Å². The van der Waals surface area contributed by atoms with E-state index in [1.54, 1.807) is 31.2 Å². The molecule has 2 N–H and O–H groups in total. The maximum atomic E-state index is 12.4. The number of amides is 1. The van der Waals surface area contributed by atoms with E-state index < -0.39 is 17.4 Å². The van der Waals surface area contributed by atoms with Gasteiger partial charge in [0.1, 0.15) is 6.54 Å². The summed E-state index contributed by atoms with van der Waals surface area (Å²) in [6.07, 6.45) is 1.13. The molecule has 2 rings (SSSR count). The molecule has 1 aromatic heterocycles. The second kappa shape index (κ2) is 6.82. The number of carboxylic acids is 1. The first-order chi connectivity index (χ1) is 11.2. The average molecular weight is 331 g/mol. The number of nitrogens with zero attached hydrogens (tertiary/aromatic N) is 2. The quantitative estimate of drug-likeness (QED) is 0.833. The van der Waals surface area contributed by atoms with E-state index in [4.69, 9.17) is 5.11 Å². The molecule has 0 spiro atoms.